The predicted octanol–water partition coefficient (Wildman–Crippen LogP) is 4.29. The molecule has 0 aliphatic carbocycles. The van der Waals surface area contributed by atoms with E-state index in [2.05, 4.69) is 69.3 Å². The molecule has 0 unspecified atom stereocenters. The Hall–Kier alpha value is -2.48. The predicted molar refractivity (Wildman–Crippen MR) is 147 cm³/mol. The topological polar surface area (TPSA) is 68.2 Å². The number of rotatable bonds is 13. The van der Waals surface area contributed by atoms with Gasteiger partial charge in [-0.3, -0.25) is 0 Å². The molecule has 194 valence electrons. The number of methoxy groups -OCH3 is 1. The van der Waals surface area contributed by atoms with E-state index in [4.69, 9.17) is 13.9 Å². The smallest absolute Gasteiger partial charge is 0.261 e. The minimum absolute atomic E-state index is 0.111. The average molecular weight is 509 g/mol. The van der Waals surface area contributed by atoms with Crippen LogP contribution in [0.4, 0.5) is 0 Å². The van der Waals surface area contributed by atoms with Gasteiger partial charge in [0.25, 0.3) is 8.32 Å². The van der Waals surface area contributed by atoms with Crippen LogP contribution in [-0.4, -0.2) is 51.1 Å². The average Bonchev–Trinajstić information content (AvgIpc) is 2.90. The van der Waals surface area contributed by atoms with E-state index in [0.717, 1.165) is 11.3 Å². The number of aliphatic hydroxyl groups excluding tert-OH is 2. The first-order chi connectivity index (χ1) is 17.3. The lowest BCUT2D eigenvalue weighted by molar-refractivity contribution is -0.0194. The van der Waals surface area contributed by atoms with Crippen molar-refractivity contribution in [3.8, 4) is 5.75 Å². The molecule has 0 amide bonds. The van der Waals surface area contributed by atoms with E-state index in [0.29, 0.717) is 26.1 Å². The Morgan fingerprint density at radius 3 is 1.86 bits per heavy atom. The maximum absolute atomic E-state index is 10.2. The second-order valence-electron chi connectivity index (χ2n) is 10.2. The second kappa shape index (κ2) is 13.2. The van der Waals surface area contributed by atoms with Crippen molar-refractivity contribution in [2.45, 2.75) is 57.5 Å². The van der Waals surface area contributed by atoms with Crippen molar-refractivity contribution in [1.82, 2.24) is 0 Å². The van der Waals surface area contributed by atoms with Gasteiger partial charge in [0.1, 0.15) is 5.75 Å². The Morgan fingerprint density at radius 1 is 0.833 bits per heavy atom. The lowest BCUT2D eigenvalue weighted by atomic mass is 10.1. The molecule has 3 aromatic carbocycles. The van der Waals surface area contributed by atoms with E-state index in [1.165, 1.54) is 10.4 Å². The zero-order valence-electron chi connectivity index (χ0n) is 21.9. The summed E-state index contributed by atoms with van der Waals surface area (Å²) < 4.78 is 18.4. The summed E-state index contributed by atoms with van der Waals surface area (Å²) in [5, 5.41) is 22.0. The summed E-state index contributed by atoms with van der Waals surface area (Å²) in [4.78, 5) is 0. The molecule has 3 aromatic rings. The van der Waals surface area contributed by atoms with Gasteiger partial charge in [0.05, 0.1) is 32.5 Å². The number of hydrogen-bond acceptors (Lipinski definition) is 5. The molecule has 5 nitrogen and oxygen atoms in total. The van der Waals surface area contributed by atoms with Crippen LogP contribution in [0.5, 0.6) is 5.75 Å². The molecule has 2 N–H and O–H groups in total. The molecule has 3 rings (SSSR count). The Morgan fingerprint density at radius 2 is 1.39 bits per heavy atom. The van der Waals surface area contributed by atoms with Gasteiger partial charge in [-0.05, 0) is 39.5 Å². The molecule has 6 heteroatoms. The molecule has 2 atom stereocenters. The Bertz CT molecular complexity index is 979. The third-order valence-corrected chi connectivity index (χ3v) is 11.6. The van der Waals surface area contributed by atoms with Gasteiger partial charge < -0.3 is 24.1 Å². The standard InChI is InChI=1S/C30H40O5Si/c1-30(2,3)36(28-11-7-5-8-12-28,29-13-9-6-10-14-29)35-20-19-27(21-25(32)22-31)34-23-24-15-17-26(33-4)18-16-24/h5-18,25,27,31-32H,19-23H2,1-4H3/t25-,27-/m0/s1. The summed E-state index contributed by atoms with van der Waals surface area (Å²) in [6, 6.07) is 28.8. The third-order valence-electron chi connectivity index (χ3n) is 6.57. The first-order valence-corrected chi connectivity index (χ1v) is 14.5. The zero-order chi connectivity index (χ0) is 26.0. The highest BCUT2D eigenvalue weighted by Crippen LogP contribution is 2.37. The van der Waals surface area contributed by atoms with E-state index >= 15 is 0 Å². The lowest BCUT2D eigenvalue weighted by Crippen LogP contribution is -2.66. The molecule has 0 aliphatic rings. The largest absolute Gasteiger partial charge is 0.497 e. The van der Waals surface area contributed by atoms with Gasteiger partial charge in [0, 0.05) is 13.0 Å². The van der Waals surface area contributed by atoms with Crippen LogP contribution >= 0.6 is 0 Å². The minimum Gasteiger partial charge on any atom is -0.497 e. The maximum Gasteiger partial charge on any atom is 0.261 e. The van der Waals surface area contributed by atoms with Crippen molar-refractivity contribution >= 4 is 18.7 Å². The molecule has 0 saturated heterocycles. The van der Waals surface area contributed by atoms with E-state index in [1.807, 2.05) is 36.4 Å². The quantitative estimate of drug-likeness (QED) is 0.337. The minimum atomic E-state index is -2.64. The summed E-state index contributed by atoms with van der Waals surface area (Å²) >= 11 is 0. The number of aliphatic hydroxyl groups is 2. The first-order valence-electron chi connectivity index (χ1n) is 12.6. The molecule has 0 bridgehead atoms. The van der Waals surface area contributed by atoms with Crippen LogP contribution in [0.25, 0.3) is 0 Å². The Balaban J connectivity index is 1.80. The SMILES string of the molecule is COc1ccc(CO[C@@H](CCO[Si](c2ccccc2)(c2ccccc2)C(C)(C)C)C[C@H](O)CO)cc1. The zero-order valence-corrected chi connectivity index (χ0v) is 22.9. The second-order valence-corrected chi connectivity index (χ2v) is 14.5. The third kappa shape index (κ3) is 7.05. The van der Waals surface area contributed by atoms with Crippen LogP contribution in [0.2, 0.25) is 5.04 Å². The summed E-state index contributed by atoms with van der Waals surface area (Å²) in [5.41, 5.74) is 1.02. The number of benzene rings is 3. The molecule has 36 heavy (non-hydrogen) atoms. The molecular weight excluding hydrogens is 468 g/mol. The molecular formula is C30H40O5Si. The van der Waals surface area contributed by atoms with Crippen molar-refractivity contribution in [1.29, 1.82) is 0 Å². The highest BCUT2D eigenvalue weighted by Gasteiger charge is 2.50. The molecule has 0 aliphatic heterocycles. The Labute approximate surface area is 216 Å². The highest BCUT2D eigenvalue weighted by molar-refractivity contribution is 6.99. The van der Waals surface area contributed by atoms with Crippen LogP contribution < -0.4 is 15.1 Å². The van der Waals surface area contributed by atoms with Crippen molar-refractivity contribution in [3.63, 3.8) is 0 Å². The summed E-state index contributed by atoms with van der Waals surface area (Å²) in [6.07, 6.45) is -0.139. The van der Waals surface area contributed by atoms with Crippen LogP contribution in [-0.2, 0) is 15.8 Å². The monoisotopic (exact) mass is 508 g/mol. The fraction of sp³-hybridized carbons (Fsp3) is 0.400. The van der Waals surface area contributed by atoms with Crippen molar-refractivity contribution < 1.29 is 24.1 Å². The summed E-state index contributed by atoms with van der Waals surface area (Å²) in [7, 11) is -1.00. The van der Waals surface area contributed by atoms with E-state index < -0.39 is 14.4 Å². The Kier molecular flexibility index (Phi) is 10.3. The van der Waals surface area contributed by atoms with E-state index in [-0.39, 0.29) is 17.7 Å². The van der Waals surface area contributed by atoms with Crippen LogP contribution in [0.3, 0.4) is 0 Å². The van der Waals surface area contributed by atoms with Gasteiger partial charge in [-0.2, -0.15) is 0 Å². The molecule has 0 spiro atoms. The molecule has 0 aromatic heterocycles. The van der Waals surface area contributed by atoms with Gasteiger partial charge in [-0.1, -0.05) is 93.6 Å². The molecule has 0 saturated carbocycles. The van der Waals surface area contributed by atoms with Crippen LogP contribution in [0, 0.1) is 0 Å². The van der Waals surface area contributed by atoms with Gasteiger partial charge in [-0.25, -0.2) is 0 Å². The summed E-state index contributed by atoms with van der Waals surface area (Å²) in [5.74, 6) is 0.796. The van der Waals surface area contributed by atoms with Gasteiger partial charge in [0.2, 0.25) is 0 Å². The number of ether oxygens (including phenoxy) is 2. The first kappa shape index (κ1) is 28.1. The van der Waals surface area contributed by atoms with Crippen LogP contribution in [0.1, 0.15) is 39.2 Å². The van der Waals surface area contributed by atoms with Crippen molar-refractivity contribution in [2.24, 2.45) is 0 Å². The fourth-order valence-corrected chi connectivity index (χ4v) is 9.27. The van der Waals surface area contributed by atoms with Crippen molar-refractivity contribution in [3.05, 3.63) is 90.5 Å². The number of hydrogen-bond donors (Lipinski definition) is 2. The highest BCUT2D eigenvalue weighted by atomic mass is 28.4. The molecule has 0 fully saturated rings. The van der Waals surface area contributed by atoms with Crippen LogP contribution in [0.15, 0.2) is 84.9 Å². The summed E-state index contributed by atoms with van der Waals surface area (Å²) in [6.45, 7) is 7.37. The van der Waals surface area contributed by atoms with Gasteiger partial charge in [-0.15, -0.1) is 0 Å². The normalized spacial score (nSPS) is 13.8. The van der Waals surface area contributed by atoms with Crippen molar-refractivity contribution in [2.75, 3.05) is 20.3 Å². The van der Waals surface area contributed by atoms with E-state index in [9.17, 15) is 10.2 Å². The fourth-order valence-electron chi connectivity index (χ4n) is 4.69. The lowest BCUT2D eigenvalue weighted by Gasteiger charge is -2.43. The maximum atomic E-state index is 10.2. The molecule has 0 radical (unpaired) electrons. The van der Waals surface area contributed by atoms with Gasteiger partial charge >= 0.3 is 0 Å². The van der Waals surface area contributed by atoms with Gasteiger partial charge in [0.15, 0.2) is 0 Å². The van der Waals surface area contributed by atoms with E-state index in [1.54, 1.807) is 7.11 Å². The molecule has 0 heterocycles.